The molecule has 0 nitrogen and oxygen atoms in total. The van der Waals surface area contributed by atoms with Crippen LogP contribution >= 0.6 is 0 Å². The maximum atomic E-state index is 2.82. The molecule has 4 aromatic carbocycles. The van der Waals surface area contributed by atoms with Gasteiger partial charge in [0, 0.05) is 0 Å². The van der Waals surface area contributed by atoms with Crippen molar-refractivity contribution in [2.45, 2.75) is 102 Å². The van der Waals surface area contributed by atoms with Crippen LogP contribution in [0.3, 0.4) is 0 Å². The maximum absolute atomic E-state index is 2.87. The summed E-state index contributed by atoms with van der Waals surface area (Å²) in [5.41, 5.74) is 12.0. The van der Waals surface area contributed by atoms with Crippen LogP contribution in [-0.2, 0) is 32.1 Å². The third-order valence-corrected chi connectivity index (χ3v) is 23.3. The van der Waals surface area contributed by atoms with Crippen LogP contribution in [0, 0.1) is 0 Å². The van der Waals surface area contributed by atoms with Crippen molar-refractivity contribution in [2.24, 2.45) is 0 Å². The molecule has 0 unspecified atom stereocenters. The second-order valence-corrected chi connectivity index (χ2v) is 34.7. The van der Waals surface area contributed by atoms with Crippen LogP contribution in [0.5, 0.6) is 0 Å². The molecule has 6 rings (SSSR count). The van der Waals surface area contributed by atoms with Crippen molar-refractivity contribution < 1.29 is 21.3 Å². The van der Waals surface area contributed by atoms with Crippen molar-refractivity contribution in [1.82, 2.24) is 0 Å². The number of hydrogen-bond donors (Lipinski definition) is 0. The molecule has 4 aromatic rings. The van der Waals surface area contributed by atoms with Crippen LogP contribution in [0.2, 0.25) is 39.3 Å². The average molecular weight is 744 g/mol. The summed E-state index contributed by atoms with van der Waals surface area (Å²) >= 11 is -2.87. The van der Waals surface area contributed by atoms with Gasteiger partial charge in [-0.3, -0.25) is 0 Å². The molecule has 0 aliphatic heterocycles. The zero-order valence-electron chi connectivity index (χ0n) is 31.6. The summed E-state index contributed by atoms with van der Waals surface area (Å²) in [6.07, 6.45) is 4.01. The summed E-state index contributed by atoms with van der Waals surface area (Å²) in [7, 11) is -3.11. The molecule has 0 N–H and O–H groups in total. The molecule has 0 bridgehead atoms. The molecule has 0 radical (unpaired) electrons. The average Bonchev–Trinajstić information content (AvgIpc) is 3.60. The van der Waals surface area contributed by atoms with E-state index >= 15 is 0 Å². The molecular formula is C45H56Si2Zr. The first-order valence-electron chi connectivity index (χ1n) is 17.9. The summed E-state index contributed by atoms with van der Waals surface area (Å²) < 4.78 is 3.87. The molecule has 248 valence electrons. The first-order chi connectivity index (χ1) is 22.4. The van der Waals surface area contributed by atoms with Gasteiger partial charge in [-0.1, -0.05) is 0 Å². The van der Waals surface area contributed by atoms with E-state index in [-0.39, 0.29) is 10.8 Å². The van der Waals surface area contributed by atoms with E-state index in [4.69, 9.17) is 0 Å². The Labute approximate surface area is 301 Å². The second-order valence-electron chi connectivity index (χ2n) is 18.3. The van der Waals surface area contributed by atoms with Gasteiger partial charge in [0.15, 0.2) is 0 Å². The van der Waals surface area contributed by atoms with Gasteiger partial charge in [-0.25, -0.2) is 0 Å². The number of benzene rings is 4. The molecule has 0 spiro atoms. The molecule has 0 saturated carbocycles. The summed E-state index contributed by atoms with van der Waals surface area (Å²) in [5.74, 6) is 0. The van der Waals surface area contributed by atoms with Gasteiger partial charge in [-0.05, 0) is 0 Å². The van der Waals surface area contributed by atoms with Gasteiger partial charge < -0.3 is 0 Å². The topological polar surface area (TPSA) is 0 Å². The summed E-state index contributed by atoms with van der Waals surface area (Å²) in [6.45, 7) is 29.7. The fraction of sp³-hybridized carbons (Fsp3) is 0.356. The van der Waals surface area contributed by atoms with Crippen molar-refractivity contribution >= 4 is 19.4 Å². The minimum absolute atomic E-state index is 0.0873. The Kier molecular flexibility index (Phi) is 9.36. The van der Waals surface area contributed by atoms with Crippen LogP contribution in [0.4, 0.5) is 0 Å². The molecular weight excluding hydrogens is 688 g/mol. The molecule has 0 aromatic heterocycles. The normalized spacial score (nSPS) is 15.4. The zero-order chi connectivity index (χ0) is 34.8. The predicted molar refractivity (Wildman–Crippen MR) is 214 cm³/mol. The molecule has 3 heteroatoms. The quantitative estimate of drug-likeness (QED) is 0.173. The van der Waals surface area contributed by atoms with Gasteiger partial charge in [0.05, 0.1) is 0 Å². The molecule has 0 heterocycles. The SMILES string of the molecule is CC(C)(C)c1ccc2c(c1)[CH]([Zr]([C]1=CC([Si](C)(C)C)=C([Si](C)(C)C)C1)=[C](c1ccccc1)c1ccccc1)c1cc(C(C)(C)C)ccc1-2. The molecule has 0 fully saturated rings. The summed E-state index contributed by atoms with van der Waals surface area (Å²) in [5, 5.41) is 3.60. The van der Waals surface area contributed by atoms with Crippen molar-refractivity contribution in [3.63, 3.8) is 0 Å². The Balaban J connectivity index is 1.77. The number of allylic oxidation sites excluding steroid dienone is 4. The first-order valence-corrected chi connectivity index (χ1v) is 28.8. The van der Waals surface area contributed by atoms with E-state index in [1.807, 2.05) is 5.20 Å². The molecule has 2 aliphatic carbocycles. The Morgan fingerprint density at radius 3 is 1.38 bits per heavy atom. The van der Waals surface area contributed by atoms with Crippen LogP contribution in [-0.4, -0.2) is 19.4 Å². The van der Waals surface area contributed by atoms with Crippen molar-refractivity contribution in [2.75, 3.05) is 0 Å². The van der Waals surface area contributed by atoms with Crippen LogP contribution in [0.1, 0.15) is 85.0 Å². The van der Waals surface area contributed by atoms with Crippen molar-refractivity contribution in [1.29, 1.82) is 0 Å². The number of rotatable bonds is 6. The minimum atomic E-state index is -2.87. The van der Waals surface area contributed by atoms with Gasteiger partial charge in [0.25, 0.3) is 0 Å². The molecule has 0 saturated heterocycles. The predicted octanol–water partition coefficient (Wildman–Crippen LogP) is 12.6. The summed E-state index contributed by atoms with van der Waals surface area (Å²) in [6, 6.07) is 38.0. The fourth-order valence-corrected chi connectivity index (χ4v) is 23.1. The second kappa shape index (κ2) is 12.7. The van der Waals surface area contributed by atoms with Crippen LogP contribution < -0.4 is 0 Å². The van der Waals surface area contributed by atoms with E-state index in [0.29, 0.717) is 3.63 Å². The monoisotopic (exact) mass is 742 g/mol. The van der Waals surface area contributed by atoms with Gasteiger partial charge >= 0.3 is 304 Å². The molecule has 2 aliphatic rings. The molecule has 48 heavy (non-hydrogen) atoms. The zero-order valence-corrected chi connectivity index (χ0v) is 36.1. The van der Waals surface area contributed by atoms with E-state index in [2.05, 4.69) is 184 Å². The Morgan fingerprint density at radius 1 is 0.583 bits per heavy atom. The number of hydrogen-bond acceptors (Lipinski definition) is 0. The van der Waals surface area contributed by atoms with Crippen LogP contribution in [0.15, 0.2) is 117 Å². The number of fused-ring (bicyclic) bond motifs is 3. The fourth-order valence-electron chi connectivity index (χ4n) is 7.79. The van der Waals surface area contributed by atoms with Gasteiger partial charge in [-0.2, -0.15) is 0 Å². The molecule has 0 atom stereocenters. The van der Waals surface area contributed by atoms with E-state index in [1.165, 1.54) is 39.8 Å². The van der Waals surface area contributed by atoms with E-state index in [9.17, 15) is 0 Å². The third-order valence-electron chi connectivity index (χ3n) is 10.5. The Bertz CT molecular complexity index is 1840. The van der Waals surface area contributed by atoms with Crippen molar-refractivity contribution in [3.8, 4) is 11.1 Å². The third kappa shape index (κ3) is 6.82. The van der Waals surface area contributed by atoms with Gasteiger partial charge in [0.1, 0.15) is 0 Å². The van der Waals surface area contributed by atoms with E-state index in [0.717, 1.165) is 0 Å². The van der Waals surface area contributed by atoms with Crippen molar-refractivity contribution in [3.05, 3.63) is 150 Å². The van der Waals surface area contributed by atoms with E-state index in [1.54, 1.807) is 22.8 Å². The van der Waals surface area contributed by atoms with Gasteiger partial charge in [0.2, 0.25) is 0 Å². The van der Waals surface area contributed by atoms with E-state index < -0.39 is 37.4 Å². The first kappa shape index (κ1) is 35.4. The van der Waals surface area contributed by atoms with Gasteiger partial charge in [-0.15, -0.1) is 0 Å². The standard InChI is InChI=1S/C21H25.C13H10.C11H21Si2.Zr/c1-20(2,3)16-7-9-18-14(12-16)11-15-13-17(21(4,5)6)8-10-19(15)18;1-3-7-12(8-4-1)11-13-9-5-2-6-10-13;1-12(2,3)10-8-7-9-11(10)13(4,5)6;/h7-13H,1-6H3;1-10H;8H,9H2,1-6H3;. The Morgan fingerprint density at radius 2 is 1.02 bits per heavy atom. The van der Waals surface area contributed by atoms with Crippen LogP contribution in [0.25, 0.3) is 11.1 Å². The molecule has 0 amide bonds. The Hall–Kier alpha value is -2.45. The summed E-state index contributed by atoms with van der Waals surface area (Å²) in [4.78, 5) is 0.